The molecule has 3 rings (SSSR count). The van der Waals surface area contributed by atoms with Crippen LogP contribution in [0.5, 0.6) is 0 Å². The molecule has 0 amide bonds. The van der Waals surface area contributed by atoms with E-state index in [1.165, 1.54) is 46.4 Å². The zero-order valence-corrected chi connectivity index (χ0v) is 12.9. The van der Waals surface area contributed by atoms with E-state index in [2.05, 4.69) is 60.5 Å². The van der Waals surface area contributed by atoms with Crippen molar-refractivity contribution in [3.63, 3.8) is 0 Å². The first-order valence-corrected chi connectivity index (χ1v) is 8.18. The van der Waals surface area contributed by atoms with Crippen LogP contribution in [0.2, 0.25) is 0 Å². The molecule has 0 atom stereocenters. The molecule has 1 radical (unpaired) electrons. The van der Waals surface area contributed by atoms with Crippen molar-refractivity contribution in [1.82, 2.24) is 0 Å². The third kappa shape index (κ3) is 3.31. The predicted molar refractivity (Wildman–Crippen MR) is 95.4 cm³/mol. The highest BCUT2D eigenvalue weighted by Crippen LogP contribution is 2.26. The Hall–Kier alpha value is -2.26. The first-order valence-electron chi connectivity index (χ1n) is 8.18. The van der Waals surface area contributed by atoms with Crippen LogP contribution in [0.25, 0.3) is 21.5 Å². The molecule has 0 saturated heterocycles. The van der Waals surface area contributed by atoms with Gasteiger partial charge in [-0.05, 0) is 64.9 Å². The lowest BCUT2D eigenvalue weighted by Gasteiger charge is -2.08. The first kappa shape index (κ1) is 14.7. The molecule has 0 heteroatoms. The fourth-order valence-electron chi connectivity index (χ4n) is 3.13. The molecule has 0 heterocycles. The SMILES string of the molecule is [C]#CCCCCCCc1cccc2cc3ccccc3cc12. The van der Waals surface area contributed by atoms with Gasteiger partial charge in [0.1, 0.15) is 0 Å². The molecule has 0 N–H and O–H groups in total. The smallest absolute Gasteiger partial charge is 0.00989 e. The summed E-state index contributed by atoms with van der Waals surface area (Å²) in [6.45, 7) is 0. The number of fused-ring (bicyclic) bond motifs is 2. The number of unbranched alkanes of at least 4 members (excludes halogenated alkanes) is 4. The maximum absolute atomic E-state index is 6.92. The van der Waals surface area contributed by atoms with Crippen molar-refractivity contribution in [1.29, 1.82) is 0 Å². The highest BCUT2D eigenvalue weighted by molar-refractivity contribution is 5.99. The van der Waals surface area contributed by atoms with Crippen molar-refractivity contribution in [3.05, 3.63) is 66.6 Å². The van der Waals surface area contributed by atoms with Gasteiger partial charge in [-0.3, -0.25) is 0 Å². The summed E-state index contributed by atoms with van der Waals surface area (Å²) in [6.07, 6.45) is 13.6. The molecule has 0 aliphatic carbocycles. The third-order valence-corrected chi connectivity index (χ3v) is 4.33. The average molecular weight is 285 g/mol. The van der Waals surface area contributed by atoms with Crippen LogP contribution in [0.3, 0.4) is 0 Å². The zero-order valence-electron chi connectivity index (χ0n) is 12.9. The largest absolute Gasteiger partial charge is 0.0891 e. The van der Waals surface area contributed by atoms with E-state index < -0.39 is 0 Å². The Balaban J connectivity index is 1.78. The van der Waals surface area contributed by atoms with Crippen LogP contribution in [0.15, 0.2) is 54.6 Å². The molecule has 0 nitrogen and oxygen atoms in total. The number of hydrogen-bond acceptors (Lipinski definition) is 0. The molecule has 0 aliphatic heterocycles. The minimum absolute atomic E-state index is 0.806. The van der Waals surface area contributed by atoms with Crippen molar-refractivity contribution in [2.45, 2.75) is 38.5 Å². The second-order valence-corrected chi connectivity index (χ2v) is 5.93. The standard InChI is InChI=1S/C22H21/c1-2-3-4-5-6-7-11-18-14-10-15-21-16-19-12-8-9-13-20(19)17-22(18)21/h8-10,12-17H,3-7,11H2. The minimum atomic E-state index is 0.806. The fraction of sp³-hybridized carbons (Fsp3) is 0.273. The Morgan fingerprint density at radius 2 is 1.45 bits per heavy atom. The Bertz CT molecular complexity index is 805. The molecule has 3 aromatic carbocycles. The van der Waals surface area contributed by atoms with Crippen LogP contribution >= 0.6 is 0 Å². The minimum Gasteiger partial charge on any atom is -0.0891 e. The fourth-order valence-corrected chi connectivity index (χ4v) is 3.13. The molecule has 0 unspecified atom stereocenters. The van der Waals surface area contributed by atoms with E-state index >= 15 is 0 Å². The van der Waals surface area contributed by atoms with E-state index in [1.807, 2.05) is 0 Å². The molecule has 0 aliphatic rings. The normalized spacial score (nSPS) is 10.9. The Kier molecular flexibility index (Phi) is 4.76. The Morgan fingerprint density at radius 3 is 2.27 bits per heavy atom. The maximum atomic E-state index is 6.92. The molecule has 0 saturated carbocycles. The summed E-state index contributed by atoms with van der Waals surface area (Å²) in [7, 11) is 0. The van der Waals surface area contributed by atoms with Crippen LogP contribution in [0.1, 0.15) is 37.7 Å². The van der Waals surface area contributed by atoms with Gasteiger partial charge in [-0.25, -0.2) is 0 Å². The first-order chi connectivity index (χ1) is 10.9. The summed E-state index contributed by atoms with van der Waals surface area (Å²) in [5.41, 5.74) is 1.46. The summed E-state index contributed by atoms with van der Waals surface area (Å²) in [5, 5.41) is 5.38. The molecule has 3 aromatic rings. The van der Waals surface area contributed by atoms with Gasteiger partial charge in [-0.15, -0.1) is 0 Å². The van der Waals surface area contributed by atoms with Gasteiger partial charge in [0, 0.05) is 6.42 Å². The lowest BCUT2D eigenvalue weighted by molar-refractivity contribution is 0.651. The highest BCUT2D eigenvalue weighted by atomic mass is 14.1. The molecule has 0 spiro atoms. The van der Waals surface area contributed by atoms with Crippen LogP contribution in [0.4, 0.5) is 0 Å². The summed E-state index contributed by atoms with van der Waals surface area (Å²) in [6, 6.07) is 19.9. The van der Waals surface area contributed by atoms with E-state index in [9.17, 15) is 0 Å². The van der Waals surface area contributed by atoms with Crippen molar-refractivity contribution in [3.8, 4) is 5.92 Å². The van der Waals surface area contributed by atoms with Crippen LogP contribution in [-0.2, 0) is 6.42 Å². The number of benzene rings is 3. The van der Waals surface area contributed by atoms with Gasteiger partial charge in [0.25, 0.3) is 0 Å². The summed E-state index contributed by atoms with van der Waals surface area (Å²) in [5.74, 6) is 2.47. The van der Waals surface area contributed by atoms with Gasteiger partial charge in [-0.2, -0.15) is 0 Å². The molecule has 0 bridgehead atoms. The maximum Gasteiger partial charge on any atom is 0.00989 e. The summed E-state index contributed by atoms with van der Waals surface area (Å²) >= 11 is 0. The molecular weight excluding hydrogens is 264 g/mol. The number of hydrogen-bond donors (Lipinski definition) is 0. The van der Waals surface area contributed by atoms with Gasteiger partial charge >= 0.3 is 0 Å². The molecule has 0 aromatic heterocycles. The summed E-state index contributed by atoms with van der Waals surface area (Å²) in [4.78, 5) is 0. The number of aryl methyl sites for hydroxylation is 1. The predicted octanol–water partition coefficient (Wildman–Crippen LogP) is 6.08. The van der Waals surface area contributed by atoms with Crippen molar-refractivity contribution >= 4 is 21.5 Å². The Morgan fingerprint density at radius 1 is 0.727 bits per heavy atom. The second-order valence-electron chi connectivity index (χ2n) is 5.93. The van der Waals surface area contributed by atoms with E-state index in [-0.39, 0.29) is 0 Å². The van der Waals surface area contributed by atoms with Crippen LogP contribution in [-0.4, -0.2) is 0 Å². The highest BCUT2D eigenvalue weighted by Gasteiger charge is 2.03. The number of rotatable bonds is 6. The zero-order chi connectivity index (χ0) is 15.2. The molecular formula is C22H21. The van der Waals surface area contributed by atoms with Gasteiger partial charge < -0.3 is 0 Å². The van der Waals surface area contributed by atoms with Gasteiger partial charge in [-0.1, -0.05) is 61.2 Å². The van der Waals surface area contributed by atoms with E-state index in [1.54, 1.807) is 0 Å². The quantitative estimate of drug-likeness (QED) is 0.293. The third-order valence-electron chi connectivity index (χ3n) is 4.33. The van der Waals surface area contributed by atoms with Gasteiger partial charge in [0.05, 0.1) is 0 Å². The van der Waals surface area contributed by atoms with Crippen molar-refractivity contribution < 1.29 is 0 Å². The van der Waals surface area contributed by atoms with Crippen LogP contribution < -0.4 is 0 Å². The van der Waals surface area contributed by atoms with Crippen molar-refractivity contribution in [2.75, 3.05) is 0 Å². The topological polar surface area (TPSA) is 0 Å². The average Bonchev–Trinajstić information content (AvgIpc) is 2.56. The second kappa shape index (κ2) is 7.14. The summed E-state index contributed by atoms with van der Waals surface area (Å²) < 4.78 is 0. The lowest BCUT2D eigenvalue weighted by Crippen LogP contribution is -1.89. The lowest BCUT2D eigenvalue weighted by atomic mass is 9.96. The van der Waals surface area contributed by atoms with Crippen LogP contribution in [0, 0.1) is 12.3 Å². The van der Waals surface area contributed by atoms with Gasteiger partial charge in [0.2, 0.25) is 0 Å². The van der Waals surface area contributed by atoms with Crippen molar-refractivity contribution in [2.24, 2.45) is 0 Å². The molecule has 0 fully saturated rings. The molecule has 109 valence electrons. The molecule has 22 heavy (non-hydrogen) atoms. The Labute approximate surface area is 133 Å². The van der Waals surface area contributed by atoms with E-state index in [0.717, 1.165) is 19.3 Å². The van der Waals surface area contributed by atoms with E-state index in [0.29, 0.717) is 0 Å². The monoisotopic (exact) mass is 285 g/mol. The van der Waals surface area contributed by atoms with Gasteiger partial charge in [0.15, 0.2) is 0 Å². The van der Waals surface area contributed by atoms with E-state index in [4.69, 9.17) is 6.42 Å².